The van der Waals surface area contributed by atoms with Crippen molar-refractivity contribution in [3.63, 3.8) is 0 Å². The van der Waals surface area contributed by atoms with E-state index in [9.17, 15) is 0 Å². The number of thiophene rings is 1. The van der Waals surface area contributed by atoms with Crippen LogP contribution in [0, 0.1) is 13.8 Å². The Morgan fingerprint density at radius 2 is 2.09 bits per heavy atom. The van der Waals surface area contributed by atoms with Gasteiger partial charge in [-0.1, -0.05) is 0 Å². The molecule has 0 atom stereocenters. The summed E-state index contributed by atoms with van der Waals surface area (Å²) in [6.45, 7) is 8.85. The number of aryl methyl sites for hydroxylation is 3. The standard InChI is InChI=1S/C17H26N4S2/c1-4-18-17(20-11-15-9-8-14(3)23-15)19-10-6-5-7-16-21-13(2)12-22-16/h8-9,12H,4-7,10-11H2,1-3H3,(H2,18,19,20). The minimum atomic E-state index is 0.742. The number of guanidine groups is 1. The summed E-state index contributed by atoms with van der Waals surface area (Å²) in [6.07, 6.45) is 3.35. The molecule has 0 amide bonds. The Morgan fingerprint density at radius 1 is 1.22 bits per heavy atom. The number of hydrogen-bond acceptors (Lipinski definition) is 4. The average Bonchev–Trinajstić information content (AvgIpc) is 3.13. The average molecular weight is 351 g/mol. The van der Waals surface area contributed by atoms with Crippen LogP contribution in [0.1, 0.15) is 40.2 Å². The predicted molar refractivity (Wildman–Crippen MR) is 102 cm³/mol. The van der Waals surface area contributed by atoms with Gasteiger partial charge in [0.05, 0.1) is 11.6 Å². The molecule has 0 radical (unpaired) electrons. The third kappa shape index (κ3) is 6.71. The molecule has 2 aromatic rings. The zero-order chi connectivity index (χ0) is 16.5. The summed E-state index contributed by atoms with van der Waals surface area (Å²) in [7, 11) is 0. The Kier molecular flexibility index (Phi) is 7.55. The third-order valence-corrected chi connectivity index (χ3v) is 5.32. The van der Waals surface area contributed by atoms with Crippen LogP contribution in [0.15, 0.2) is 22.5 Å². The fraction of sp³-hybridized carbons (Fsp3) is 0.529. The highest BCUT2D eigenvalue weighted by molar-refractivity contribution is 7.11. The molecule has 0 unspecified atom stereocenters. The molecule has 2 aromatic heterocycles. The Balaban J connectivity index is 1.69. The number of nitrogens with one attached hydrogen (secondary N) is 2. The molecular weight excluding hydrogens is 324 g/mol. The topological polar surface area (TPSA) is 49.3 Å². The molecule has 0 saturated carbocycles. The number of aliphatic imine (C=N–C) groups is 1. The predicted octanol–water partition coefficient (Wildman–Crippen LogP) is 3.90. The molecule has 0 aliphatic rings. The summed E-state index contributed by atoms with van der Waals surface area (Å²) in [6, 6.07) is 4.30. The van der Waals surface area contributed by atoms with Gasteiger partial charge in [-0.25, -0.2) is 9.98 Å². The molecule has 2 heterocycles. The molecular formula is C17H26N4S2. The molecule has 0 aliphatic heterocycles. The lowest BCUT2D eigenvalue weighted by atomic mass is 10.2. The fourth-order valence-corrected chi connectivity index (χ4v) is 3.83. The molecule has 6 heteroatoms. The molecule has 23 heavy (non-hydrogen) atoms. The number of rotatable bonds is 8. The molecule has 2 N–H and O–H groups in total. The maximum Gasteiger partial charge on any atom is 0.191 e. The normalized spacial score (nSPS) is 11.7. The van der Waals surface area contributed by atoms with Gasteiger partial charge >= 0.3 is 0 Å². The summed E-state index contributed by atoms with van der Waals surface area (Å²) < 4.78 is 0. The van der Waals surface area contributed by atoms with Gasteiger partial charge in [0.1, 0.15) is 0 Å². The zero-order valence-corrected chi connectivity index (χ0v) is 15.8. The van der Waals surface area contributed by atoms with E-state index in [1.54, 1.807) is 11.3 Å². The molecule has 4 nitrogen and oxygen atoms in total. The van der Waals surface area contributed by atoms with Gasteiger partial charge in [-0.3, -0.25) is 0 Å². The van der Waals surface area contributed by atoms with Crippen LogP contribution < -0.4 is 10.6 Å². The minimum Gasteiger partial charge on any atom is -0.357 e. The SMILES string of the molecule is CCNC(=NCc1ccc(C)s1)NCCCCc1nc(C)cs1. The van der Waals surface area contributed by atoms with Crippen LogP contribution in [0.3, 0.4) is 0 Å². The van der Waals surface area contributed by atoms with Crippen molar-refractivity contribution in [3.05, 3.63) is 38.0 Å². The third-order valence-electron chi connectivity index (χ3n) is 3.31. The minimum absolute atomic E-state index is 0.742. The van der Waals surface area contributed by atoms with Gasteiger partial charge in [0.2, 0.25) is 0 Å². The van der Waals surface area contributed by atoms with Crippen LogP contribution in [0.5, 0.6) is 0 Å². The van der Waals surface area contributed by atoms with Crippen molar-refractivity contribution in [3.8, 4) is 0 Å². The Hall–Kier alpha value is -1.40. The van der Waals surface area contributed by atoms with Crippen molar-refractivity contribution in [2.75, 3.05) is 13.1 Å². The summed E-state index contributed by atoms with van der Waals surface area (Å²) in [5.74, 6) is 0.906. The van der Waals surface area contributed by atoms with E-state index in [0.717, 1.165) is 50.6 Å². The lowest BCUT2D eigenvalue weighted by Gasteiger charge is -2.10. The number of unbranched alkanes of at least 4 members (excludes halogenated alkanes) is 1. The summed E-state index contributed by atoms with van der Waals surface area (Å²) >= 11 is 3.57. The molecule has 126 valence electrons. The van der Waals surface area contributed by atoms with Crippen molar-refractivity contribution in [2.24, 2.45) is 4.99 Å². The molecule has 0 aromatic carbocycles. The second-order valence-corrected chi connectivity index (χ2v) is 7.79. The van der Waals surface area contributed by atoms with Crippen molar-refractivity contribution < 1.29 is 0 Å². The second kappa shape index (κ2) is 9.67. The number of hydrogen-bond donors (Lipinski definition) is 2. The summed E-state index contributed by atoms with van der Waals surface area (Å²) in [5, 5.41) is 10.1. The summed E-state index contributed by atoms with van der Waals surface area (Å²) in [5.41, 5.74) is 1.13. The van der Waals surface area contributed by atoms with Crippen LogP contribution in [0.4, 0.5) is 0 Å². The number of thiazole rings is 1. The first kappa shape index (κ1) is 17.9. The van der Waals surface area contributed by atoms with E-state index in [1.165, 1.54) is 14.8 Å². The van der Waals surface area contributed by atoms with Gasteiger partial charge in [0.25, 0.3) is 0 Å². The number of nitrogens with zero attached hydrogens (tertiary/aromatic N) is 2. The van der Waals surface area contributed by atoms with E-state index in [0.29, 0.717) is 0 Å². The van der Waals surface area contributed by atoms with Gasteiger partial charge in [-0.05, 0) is 52.2 Å². The highest BCUT2D eigenvalue weighted by atomic mass is 32.1. The van der Waals surface area contributed by atoms with Crippen molar-refractivity contribution in [1.82, 2.24) is 15.6 Å². The zero-order valence-electron chi connectivity index (χ0n) is 14.2. The van der Waals surface area contributed by atoms with Crippen molar-refractivity contribution in [1.29, 1.82) is 0 Å². The highest BCUT2D eigenvalue weighted by Crippen LogP contribution is 2.15. The lowest BCUT2D eigenvalue weighted by Crippen LogP contribution is -2.37. The molecule has 0 spiro atoms. The second-order valence-electron chi connectivity index (χ2n) is 5.47. The molecule has 2 rings (SSSR count). The first-order chi connectivity index (χ1) is 11.2. The molecule has 0 aliphatic carbocycles. The quantitative estimate of drug-likeness (QED) is 0.431. The van der Waals surface area contributed by atoms with Gasteiger partial charge < -0.3 is 10.6 Å². The van der Waals surface area contributed by atoms with E-state index in [1.807, 2.05) is 11.3 Å². The molecule has 0 bridgehead atoms. The van der Waals surface area contributed by atoms with Crippen LogP contribution >= 0.6 is 22.7 Å². The maximum atomic E-state index is 4.65. The smallest absolute Gasteiger partial charge is 0.191 e. The Morgan fingerprint density at radius 3 is 2.74 bits per heavy atom. The Bertz CT molecular complexity index is 616. The molecule has 0 fully saturated rings. The largest absolute Gasteiger partial charge is 0.357 e. The van der Waals surface area contributed by atoms with Crippen LogP contribution in [0.25, 0.3) is 0 Å². The van der Waals surface area contributed by atoms with E-state index >= 15 is 0 Å². The monoisotopic (exact) mass is 350 g/mol. The first-order valence-electron chi connectivity index (χ1n) is 8.16. The maximum absolute atomic E-state index is 4.65. The van der Waals surface area contributed by atoms with Crippen LogP contribution in [-0.2, 0) is 13.0 Å². The van der Waals surface area contributed by atoms with E-state index in [4.69, 9.17) is 0 Å². The van der Waals surface area contributed by atoms with Gasteiger partial charge in [-0.15, -0.1) is 22.7 Å². The van der Waals surface area contributed by atoms with E-state index in [-0.39, 0.29) is 0 Å². The van der Waals surface area contributed by atoms with Crippen LogP contribution in [-0.4, -0.2) is 24.0 Å². The van der Waals surface area contributed by atoms with Crippen LogP contribution in [0.2, 0.25) is 0 Å². The van der Waals surface area contributed by atoms with E-state index in [2.05, 4.69) is 58.9 Å². The summed E-state index contributed by atoms with van der Waals surface area (Å²) in [4.78, 5) is 11.8. The Labute approximate surface area is 147 Å². The highest BCUT2D eigenvalue weighted by Gasteiger charge is 2.01. The van der Waals surface area contributed by atoms with Gasteiger partial charge in [0.15, 0.2) is 5.96 Å². The van der Waals surface area contributed by atoms with Crippen molar-refractivity contribution in [2.45, 2.75) is 46.6 Å². The molecule has 0 saturated heterocycles. The first-order valence-corrected chi connectivity index (χ1v) is 9.85. The fourth-order valence-electron chi connectivity index (χ4n) is 2.19. The van der Waals surface area contributed by atoms with Gasteiger partial charge in [-0.2, -0.15) is 0 Å². The lowest BCUT2D eigenvalue weighted by molar-refractivity contribution is 0.692. The van der Waals surface area contributed by atoms with Crippen molar-refractivity contribution >= 4 is 28.6 Å². The van der Waals surface area contributed by atoms with E-state index < -0.39 is 0 Å². The van der Waals surface area contributed by atoms with Gasteiger partial charge in [0, 0.05) is 33.9 Å². The number of aromatic nitrogens is 1.